The Hall–Kier alpha value is -0.860. The molecule has 1 aromatic carbocycles. The predicted molar refractivity (Wildman–Crippen MR) is 85.0 cm³/mol. The lowest BCUT2D eigenvalue weighted by molar-refractivity contribution is 0.435. The van der Waals surface area contributed by atoms with Gasteiger partial charge in [-0.15, -0.1) is 11.3 Å². The van der Waals surface area contributed by atoms with Gasteiger partial charge in [0.25, 0.3) is 0 Å². The second-order valence-corrected chi connectivity index (χ2v) is 8.20. The van der Waals surface area contributed by atoms with Crippen LogP contribution < -0.4 is 5.32 Å². The monoisotopic (exact) mass is 283 g/mol. The van der Waals surface area contributed by atoms with Crippen molar-refractivity contribution in [3.8, 4) is 0 Å². The Morgan fingerprint density at radius 3 is 2.65 bits per heavy atom. The molecular weight excluding hydrogens is 262 g/mol. The van der Waals surface area contributed by atoms with Crippen LogP contribution in [0.2, 0.25) is 0 Å². The summed E-state index contributed by atoms with van der Waals surface area (Å²) in [7, 11) is 0. The molecule has 0 amide bonds. The first-order valence-corrected chi connectivity index (χ1v) is 8.87. The van der Waals surface area contributed by atoms with Crippen molar-refractivity contribution in [2.75, 3.05) is 0 Å². The minimum absolute atomic E-state index is 0.516. The summed E-state index contributed by atoms with van der Waals surface area (Å²) >= 11 is 1.96. The summed E-state index contributed by atoms with van der Waals surface area (Å²) in [5.74, 6) is 4.20. The van der Waals surface area contributed by atoms with E-state index in [9.17, 15) is 0 Å². The van der Waals surface area contributed by atoms with Gasteiger partial charge in [-0.25, -0.2) is 0 Å². The van der Waals surface area contributed by atoms with Crippen molar-refractivity contribution in [1.29, 1.82) is 0 Å². The first-order valence-electron chi connectivity index (χ1n) is 8.06. The molecule has 0 spiro atoms. The van der Waals surface area contributed by atoms with E-state index < -0.39 is 0 Å². The molecule has 1 aromatic heterocycles. The van der Waals surface area contributed by atoms with Crippen molar-refractivity contribution in [2.45, 2.75) is 38.3 Å². The number of rotatable bonds is 3. The molecule has 20 heavy (non-hydrogen) atoms. The normalized spacial score (nSPS) is 39.1. The van der Waals surface area contributed by atoms with E-state index in [1.165, 1.54) is 27.8 Å². The quantitative estimate of drug-likeness (QED) is 0.868. The first-order chi connectivity index (χ1) is 9.81. The fraction of sp³-hybridized carbons (Fsp3) is 0.556. The van der Waals surface area contributed by atoms with Crippen LogP contribution in [0.4, 0.5) is 0 Å². The van der Waals surface area contributed by atoms with Gasteiger partial charge in [-0.2, -0.15) is 0 Å². The molecule has 0 saturated heterocycles. The zero-order valence-electron chi connectivity index (χ0n) is 11.9. The van der Waals surface area contributed by atoms with Crippen molar-refractivity contribution in [3.05, 3.63) is 35.2 Å². The number of hydrogen-bond acceptors (Lipinski definition) is 2. The maximum absolute atomic E-state index is 3.94. The third kappa shape index (κ3) is 1.58. The zero-order valence-corrected chi connectivity index (χ0v) is 12.7. The molecule has 3 saturated carbocycles. The summed E-state index contributed by atoms with van der Waals surface area (Å²) in [6.07, 6.45) is 4.58. The third-order valence-electron chi connectivity index (χ3n) is 6.05. The Bertz CT molecular complexity index is 611. The van der Waals surface area contributed by atoms with Gasteiger partial charge in [-0.05, 0) is 67.4 Å². The van der Waals surface area contributed by atoms with Gasteiger partial charge in [0.2, 0.25) is 0 Å². The molecule has 1 nitrogen and oxygen atoms in total. The Morgan fingerprint density at radius 2 is 1.90 bits per heavy atom. The standard InChI is InChI=1S/C18H21NS/c1-10(15-9-11-4-2-3-5-14(11)20-15)19-18-16-12-6-7-13(8-12)17(16)18/h2-5,9-10,12-13,16-19H,6-8H2,1H3. The van der Waals surface area contributed by atoms with Gasteiger partial charge < -0.3 is 5.32 Å². The highest BCUT2D eigenvalue weighted by Gasteiger charge is 2.64. The van der Waals surface area contributed by atoms with Crippen molar-refractivity contribution < 1.29 is 0 Å². The van der Waals surface area contributed by atoms with Gasteiger partial charge in [-0.1, -0.05) is 18.2 Å². The Morgan fingerprint density at radius 1 is 1.15 bits per heavy atom. The number of thiophene rings is 1. The molecule has 3 aliphatic rings. The van der Waals surface area contributed by atoms with Crippen molar-refractivity contribution >= 4 is 21.4 Å². The Labute approximate surface area is 124 Å². The van der Waals surface area contributed by atoms with Crippen LogP contribution in [0.15, 0.2) is 30.3 Å². The highest BCUT2D eigenvalue weighted by Crippen LogP contribution is 2.65. The van der Waals surface area contributed by atoms with Gasteiger partial charge in [0, 0.05) is 21.7 Å². The molecular formula is C18H21NS. The molecule has 2 heteroatoms. The molecule has 2 bridgehead atoms. The van der Waals surface area contributed by atoms with Crippen molar-refractivity contribution in [3.63, 3.8) is 0 Å². The molecule has 1 N–H and O–H groups in total. The number of nitrogens with one attached hydrogen (secondary N) is 1. The molecule has 3 aliphatic carbocycles. The van der Waals surface area contributed by atoms with E-state index in [4.69, 9.17) is 0 Å². The fourth-order valence-corrected chi connectivity index (χ4v) is 6.21. The van der Waals surface area contributed by atoms with Crippen LogP contribution in [0.25, 0.3) is 10.1 Å². The lowest BCUT2D eigenvalue weighted by atomic mass is 10.0. The minimum Gasteiger partial charge on any atom is -0.306 e. The van der Waals surface area contributed by atoms with Crippen molar-refractivity contribution in [1.82, 2.24) is 5.32 Å². The number of fused-ring (bicyclic) bond motifs is 6. The van der Waals surface area contributed by atoms with E-state index >= 15 is 0 Å². The largest absolute Gasteiger partial charge is 0.306 e. The number of hydrogen-bond donors (Lipinski definition) is 1. The third-order valence-corrected chi connectivity index (χ3v) is 7.35. The van der Waals surface area contributed by atoms with Crippen LogP contribution in [0.5, 0.6) is 0 Å². The predicted octanol–water partition coefficient (Wildman–Crippen LogP) is 4.60. The lowest BCUT2D eigenvalue weighted by Gasteiger charge is -2.15. The highest BCUT2D eigenvalue weighted by molar-refractivity contribution is 7.19. The van der Waals surface area contributed by atoms with Gasteiger partial charge in [0.15, 0.2) is 0 Å². The van der Waals surface area contributed by atoms with E-state index in [0.717, 1.165) is 29.7 Å². The second-order valence-electron chi connectivity index (χ2n) is 7.09. The van der Waals surface area contributed by atoms with E-state index in [0.29, 0.717) is 6.04 Å². The maximum atomic E-state index is 3.94. The molecule has 5 rings (SSSR count). The molecule has 0 aliphatic heterocycles. The average Bonchev–Trinajstić information content (AvgIpc) is 2.91. The van der Waals surface area contributed by atoms with E-state index in [-0.39, 0.29) is 0 Å². The van der Waals surface area contributed by atoms with E-state index in [1.807, 2.05) is 11.3 Å². The summed E-state index contributed by atoms with van der Waals surface area (Å²) in [5, 5.41) is 5.34. The highest BCUT2D eigenvalue weighted by atomic mass is 32.1. The summed E-state index contributed by atoms with van der Waals surface area (Å²) in [4.78, 5) is 1.50. The van der Waals surface area contributed by atoms with Gasteiger partial charge in [0.05, 0.1) is 0 Å². The smallest absolute Gasteiger partial charge is 0.0388 e. The van der Waals surface area contributed by atoms with Crippen molar-refractivity contribution in [2.24, 2.45) is 23.7 Å². The summed E-state index contributed by atoms with van der Waals surface area (Å²) < 4.78 is 1.42. The summed E-state index contributed by atoms with van der Waals surface area (Å²) in [6.45, 7) is 2.35. The van der Waals surface area contributed by atoms with Crippen LogP contribution in [-0.2, 0) is 0 Å². The van der Waals surface area contributed by atoms with E-state index in [1.54, 1.807) is 6.42 Å². The number of benzene rings is 1. The topological polar surface area (TPSA) is 12.0 Å². The molecule has 2 aromatic rings. The molecule has 5 unspecified atom stereocenters. The first kappa shape index (κ1) is 11.8. The lowest BCUT2D eigenvalue weighted by Crippen LogP contribution is -2.25. The molecule has 0 radical (unpaired) electrons. The second kappa shape index (κ2) is 4.08. The Kier molecular flexibility index (Phi) is 2.40. The van der Waals surface area contributed by atoms with E-state index in [2.05, 4.69) is 42.6 Å². The van der Waals surface area contributed by atoms with Gasteiger partial charge in [-0.3, -0.25) is 0 Å². The average molecular weight is 283 g/mol. The Balaban J connectivity index is 1.35. The zero-order chi connectivity index (χ0) is 13.3. The molecule has 3 fully saturated rings. The minimum atomic E-state index is 0.516. The van der Waals surface area contributed by atoms with Crippen LogP contribution in [0, 0.1) is 23.7 Å². The van der Waals surface area contributed by atoms with Crippen LogP contribution in [-0.4, -0.2) is 6.04 Å². The van der Waals surface area contributed by atoms with Crippen LogP contribution >= 0.6 is 11.3 Å². The molecule has 104 valence electrons. The SMILES string of the molecule is CC(NC1C2C3CCC(C3)C12)c1cc2ccccc2s1. The van der Waals surface area contributed by atoms with Gasteiger partial charge >= 0.3 is 0 Å². The summed E-state index contributed by atoms with van der Waals surface area (Å²) in [6, 6.07) is 12.5. The van der Waals surface area contributed by atoms with Crippen LogP contribution in [0.1, 0.15) is 37.1 Å². The molecule has 5 atom stereocenters. The molecule has 1 heterocycles. The van der Waals surface area contributed by atoms with Gasteiger partial charge in [0.1, 0.15) is 0 Å². The fourth-order valence-electron chi connectivity index (χ4n) is 5.13. The van der Waals surface area contributed by atoms with Crippen LogP contribution in [0.3, 0.4) is 0 Å². The summed E-state index contributed by atoms with van der Waals surface area (Å²) in [5.41, 5.74) is 0. The maximum Gasteiger partial charge on any atom is 0.0388 e.